The summed E-state index contributed by atoms with van der Waals surface area (Å²) in [6.45, 7) is 1.72. The second-order valence-corrected chi connectivity index (χ2v) is 6.51. The number of aromatic nitrogens is 1. The number of alkyl halides is 3. The number of nitrogens with two attached hydrogens (primary N) is 1. The fourth-order valence-electron chi connectivity index (χ4n) is 2.94. The molecule has 8 heteroatoms. The molecule has 0 bridgehead atoms. The minimum atomic E-state index is -4.64. The molecule has 134 valence electrons. The highest BCUT2D eigenvalue weighted by atomic mass is 35.5. The topological polar surface area (TPSA) is 60.2 Å². The number of halogens is 4. The summed E-state index contributed by atoms with van der Waals surface area (Å²) in [6.07, 6.45) is -2.02. The van der Waals surface area contributed by atoms with Crippen LogP contribution in [0.25, 0.3) is 10.9 Å². The Hall–Kier alpha value is -1.99. The summed E-state index contributed by atoms with van der Waals surface area (Å²) in [5.74, 6) is 0.292. The molecule has 3 atom stereocenters. The number of hydrogen-bond donors (Lipinski definition) is 2. The quantitative estimate of drug-likeness (QED) is 0.603. The van der Waals surface area contributed by atoms with Gasteiger partial charge in [-0.25, -0.2) is 4.98 Å². The average Bonchev–Trinajstić information content (AvgIpc) is 2.53. The minimum absolute atomic E-state index is 0.145. The number of anilines is 2. The molecule has 25 heavy (non-hydrogen) atoms. The highest BCUT2D eigenvalue weighted by molar-refractivity contribution is 6.35. The van der Waals surface area contributed by atoms with E-state index in [2.05, 4.69) is 15.0 Å². The van der Waals surface area contributed by atoms with Crippen LogP contribution in [0.2, 0.25) is 5.02 Å². The predicted octanol–water partition coefficient (Wildman–Crippen LogP) is 4.75. The largest absolute Gasteiger partial charge is 0.523 e. The van der Waals surface area contributed by atoms with Crippen molar-refractivity contribution in [2.24, 2.45) is 5.92 Å². The molecule has 0 radical (unpaired) electrons. The standard InChI is InChI=1S/C17H17ClF3N3O/c1-9-8-10(2-6-14(9)25-17(19,20)21)23-15-7-3-11-13(22)5-4-12(18)16(11)24-15/h2-7,9-10,14H,8,22H2,1H3,(H,23,24). The number of fused-ring (bicyclic) bond motifs is 1. The van der Waals surface area contributed by atoms with Crippen LogP contribution in [0.3, 0.4) is 0 Å². The van der Waals surface area contributed by atoms with Crippen molar-refractivity contribution < 1.29 is 17.9 Å². The van der Waals surface area contributed by atoms with Gasteiger partial charge < -0.3 is 11.1 Å². The molecule has 1 heterocycles. The maximum atomic E-state index is 12.4. The van der Waals surface area contributed by atoms with E-state index in [9.17, 15) is 13.2 Å². The SMILES string of the molecule is CC1CC(Nc2ccc3c(N)ccc(Cl)c3n2)C=CC1OC(F)(F)F. The Bertz CT molecular complexity index is 810. The predicted molar refractivity (Wildman–Crippen MR) is 92.4 cm³/mol. The van der Waals surface area contributed by atoms with Crippen LogP contribution in [0.1, 0.15) is 13.3 Å². The van der Waals surface area contributed by atoms with Crippen LogP contribution in [0.5, 0.6) is 0 Å². The number of pyridine rings is 1. The highest BCUT2D eigenvalue weighted by Crippen LogP contribution is 2.31. The molecule has 3 rings (SSSR count). The van der Waals surface area contributed by atoms with Crippen molar-refractivity contribution in [1.82, 2.24) is 4.98 Å². The van der Waals surface area contributed by atoms with Gasteiger partial charge in [0, 0.05) is 17.1 Å². The van der Waals surface area contributed by atoms with Gasteiger partial charge in [-0.15, -0.1) is 13.2 Å². The first-order valence-electron chi connectivity index (χ1n) is 7.77. The summed E-state index contributed by atoms with van der Waals surface area (Å²) in [4.78, 5) is 4.46. The molecule has 1 aliphatic rings. The Labute approximate surface area is 147 Å². The first-order chi connectivity index (χ1) is 11.7. The smallest absolute Gasteiger partial charge is 0.398 e. The Morgan fingerprint density at radius 1 is 1.24 bits per heavy atom. The van der Waals surface area contributed by atoms with Crippen LogP contribution < -0.4 is 11.1 Å². The van der Waals surface area contributed by atoms with Gasteiger partial charge in [0.25, 0.3) is 0 Å². The number of rotatable bonds is 3. The van der Waals surface area contributed by atoms with Crippen molar-refractivity contribution in [3.8, 4) is 0 Å². The maximum Gasteiger partial charge on any atom is 0.523 e. The van der Waals surface area contributed by atoms with Crippen LogP contribution in [0.4, 0.5) is 24.7 Å². The summed E-state index contributed by atoms with van der Waals surface area (Å²) >= 11 is 6.16. The summed E-state index contributed by atoms with van der Waals surface area (Å²) < 4.78 is 41.2. The van der Waals surface area contributed by atoms with Gasteiger partial charge in [-0.1, -0.05) is 30.7 Å². The van der Waals surface area contributed by atoms with Crippen molar-refractivity contribution in [1.29, 1.82) is 0 Å². The monoisotopic (exact) mass is 371 g/mol. The van der Waals surface area contributed by atoms with Gasteiger partial charge in [0.05, 0.1) is 16.6 Å². The van der Waals surface area contributed by atoms with Crippen LogP contribution in [0.15, 0.2) is 36.4 Å². The number of nitrogens with zero attached hydrogens (tertiary/aromatic N) is 1. The minimum Gasteiger partial charge on any atom is -0.398 e. The molecule has 1 aromatic carbocycles. The second-order valence-electron chi connectivity index (χ2n) is 6.11. The van der Waals surface area contributed by atoms with E-state index in [1.165, 1.54) is 6.08 Å². The van der Waals surface area contributed by atoms with Gasteiger partial charge in [-0.2, -0.15) is 0 Å². The van der Waals surface area contributed by atoms with Crippen LogP contribution in [0, 0.1) is 5.92 Å². The lowest BCUT2D eigenvalue weighted by molar-refractivity contribution is -0.341. The molecule has 0 saturated heterocycles. The first-order valence-corrected chi connectivity index (χ1v) is 8.15. The van der Waals surface area contributed by atoms with Gasteiger partial charge >= 0.3 is 6.36 Å². The van der Waals surface area contributed by atoms with E-state index < -0.39 is 12.5 Å². The summed E-state index contributed by atoms with van der Waals surface area (Å²) in [5.41, 5.74) is 7.07. The Morgan fingerprint density at radius 2 is 2.00 bits per heavy atom. The third-order valence-electron chi connectivity index (χ3n) is 4.16. The van der Waals surface area contributed by atoms with Crippen molar-refractivity contribution in [2.75, 3.05) is 11.1 Å². The van der Waals surface area contributed by atoms with Crippen LogP contribution in [-0.4, -0.2) is 23.5 Å². The normalized spacial score (nSPS) is 23.8. The second kappa shape index (κ2) is 6.72. The molecule has 1 aromatic heterocycles. The number of ether oxygens (including phenoxy) is 1. The van der Waals surface area contributed by atoms with Gasteiger partial charge in [0.15, 0.2) is 0 Å². The maximum absolute atomic E-state index is 12.4. The van der Waals surface area contributed by atoms with E-state index in [1.54, 1.807) is 31.2 Å². The van der Waals surface area contributed by atoms with E-state index in [0.29, 0.717) is 28.5 Å². The molecule has 3 N–H and O–H groups in total. The number of benzene rings is 1. The first kappa shape index (κ1) is 17.8. The molecule has 0 saturated carbocycles. The van der Waals surface area contributed by atoms with Crippen molar-refractivity contribution in [2.45, 2.75) is 31.9 Å². The molecule has 0 aliphatic heterocycles. The third-order valence-corrected chi connectivity index (χ3v) is 4.47. The zero-order chi connectivity index (χ0) is 18.2. The van der Waals surface area contributed by atoms with E-state index in [-0.39, 0.29) is 12.0 Å². The van der Waals surface area contributed by atoms with E-state index in [4.69, 9.17) is 17.3 Å². The fourth-order valence-corrected chi connectivity index (χ4v) is 3.15. The molecule has 2 aromatic rings. The molecular formula is C17H17ClF3N3O. The zero-order valence-electron chi connectivity index (χ0n) is 13.3. The van der Waals surface area contributed by atoms with Crippen molar-refractivity contribution >= 4 is 34.0 Å². The third kappa shape index (κ3) is 4.16. The summed E-state index contributed by atoms with van der Waals surface area (Å²) in [7, 11) is 0. The fraction of sp³-hybridized carbons (Fsp3) is 0.353. The van der Waals surface area contributed by atoms with Gasteiger partial charge in [-0.3, -0.25) is 4.74 Å². The average molecular weight is 372 g/mol. The number of nitrogens with one attached hydrogen (secondary N) is 1. The number of nitrogen functional groups attached to an aromatic ring is 1. The lowest BCUT2D eigenvalue weighted by atomic mass is 9.90. The molecule has 0 fully saturated rings. The Morgan fingerprint density at radius 3 is 2.68 bits per heavy atom. The van der Waals surface area contributed by atoms with Crippen LogP contribution in [-0.2, 0) is 4.74 Å². The van der Waals surface area contributed by atoms with Crippen LogP contribution >= 0.6 is 11.6 Å². The summed E-state index contributed by atoms with van der Waals surface area (Å²) in [5, 5.41) is 4.44. The van der Waals surface area contributed by atoms with Crippen molar-refractivity contribution in [3.63, 3.8) is 0 Å². The lowest BCUT2D eigenvalue weighted by Gasteiger charge is -2.30. The molecule has 3 unspecified atom stereocenters. The lowest BCUT2D eigenvalue weighted by Crippen LogP contribution is -2.35. The highest BCUT2D eigenvalue weighted by Gasteiger charge is 2.36. The van der Waals surface area contributed by atoms with Gasteiger partial charge in [0.2, 0.25) is 0 Å². The molecule has 1 aliphatic carbocycles. The van der Waals surface area contributed by atoms with Gasteiger partial charge in [-0.05, 0) is 36.6 Å². The molecule has 0 amide bonds. The van der Waals surface area contributed by atoms with E-state index >= 15 is 0 Å². The molecule has 4 nitrogen and oxygen atoms in total. The van der Waals surface area contributed by atoms with Gasteiger partial charge in [0.1, 0.15) is 5.82 Å². The summed E-state index contributed by atoms with van der Waals surface area (Å²) in [6, 6.07) is 6.83. The molecular weight excluding hydrogens is 355 g/mol. The molecule has 0 spiro atoms. The zero-order valence-corrected chi connectivity index (χ0v) is 14.1. The van der Waals surface area contributed by atoms with Crippen molar-refractivity contribution in [3.05, 3.63) is 41.4 Å². The number of hydrogen-bond acceptors (Lipinski definition) is 4. The van der Waals surface area contributed by atoms with E-state index in [0.717, 1.165) is 5.39 Å². The Kier molecular flexibility index (Phi) is 4.79. The van der Waals surface area contributed by atoms with E-state index in [1.807, 2.05) is 6.07 Å². The Balaban J connectivity index is 1.76.